The van der Waals surface area contributed by atoms with Gasteiger partial charge in [0.25, 0.3) is 0 Å². The highest BCUT2D eigenvalue weighted by Gasteiger charge is 2.27. The molecule has 1 fully saturated rings. The topological polar surface area (TPSA) is 62.3 Å². The number of hydrogen-bond donors (Lipinski definition) is 1. The number of rotatable bonds is 5. The smallest absolute Gasteiger partial charge is 0.0835 e. The largest absolute Gasteiger partial charge is 0.383 e. The third kappa shape index (κ3) is 3.03. The number of methoxy groups -OCH3 is 1. The van der Waals surface area contributed by atoms with E-state index in [2.05, 4.69) is 5.10 Å². The standard InChI is InChI=1S/C12H20ClN3O2/c1-17-7-5-16-12(9(13)8-15-16)11(14)10-4-2-3-6-18-10/h8,10-11H,2-7,14H2,1H3. The fourth-order valence-corrected chi connectivity index (χ4v) is 2.55. The van der Waals surface area contributed by atoms with E-state index in [0.717, 1.165) is 31.6 Å². The molecule has 102 valence electrons. The normalized spacial score (nSPS) is 22.1. The Balaban J connectivity index is 2.12. The minimum absolute atomic E-state index is 0.0363. The van der Waals surface area contributed by atoms with Gasteiger partial charge in [0.15, 0.2) is 0 Å². The van der Waals surface area contributed by atoms with E-state index in [1.807, 2.05) is 4.68 Å². The fraction of sp³-hybridized carbons (Fsp3) is 0.750. The van der Waals surface area contributed by atoms with E-state index in [4.69, 9.17) is 26.8 Å². The van der Waals surface area contributed by atoms with Gasteiger partial charge in [0.1, 0.15) is 0 Å². The molecule has 18 heavy (non-hydrogen) atoms. The number of nitrogens with two attached hydrogens (primary N) is 1. The molecule has 0 amide bonds. The minimum Gasteiger partial charge on any atom is -0.383 e. The molecule has 0 saturated carbocycles. The van der Waals surface area contributed by atoms with Gasteiger partial charge in [0.05, 0.1) is 42.2 Å². The van der Waals surface area contributed by atoms with Crippen molar-refractivity contribution in [2.45, 2.75) is 38.0 Å². The molecule has 0 aliphatic carbocycles. The molecular formula is C12H20ClN3O2. The Bertz CT molecular complexity index is 377. The van der Waals surface area contributed by atoms with Crippen LogP contribution in [0.5, 0.6) is 0 Å². The van der Waals surface area contributed by atoms with Crippen molar-refractivity contribution in [1.29, 1.82) is 0 Å². The van der Waals surface area contributed by atoms with Crippen LogP contribution in [0.15, 0.2) is 6.20 Å². The number of nitrogens with zero attached hydrogens (tertiary/aromatic N) is 2. The Morgan fingerprint density at radius 2 is 2.50 bits per heavy atom. The second kappa shape index (κ2) is 6.52. The molecule has 2 atom stereocenters. The van der Waals surface area contributed by atoms with Gasteiger partial charge >= 0.3 is 0 Å². The molecule has 6 heteroatoms. The molecule has 5 nitrogen and oxygen atoms in total. The third-order valence-corrected chi connectivity index (χ3v) is 3.56. The van der Waals surface area contributed by atoms with Crippen molar-refractivity contribution < 1.29 is 9.47 Å². The van der Waals surface area contributed by atoms with Gasteiger partial charge in [0.2, 0.25) is 0 Å². The molecule has 0 bridgehead atoms. The Morgan fingerprint density at radius 3 is 3.17 bits per heavy atom. The van der Waals surface area contributed by atoms with Crippen molar-refractivity contribution in [2.75, 3.05) is 20.3 Å². The maximum atomic E-state index is 6.28. The maximum absolute atomic E-state index is 6.28. The summed E-state index contributed by atoms with van der Waals surface area (Å²) in [5.41, 5.74) is 7.12. The van der Waals surface area contributed by atoms with Gasteiger partial charge in [-0.1, -0.05) is 11.6 Å². The summed E-state index contributed by atoms with van der Waals surface area (Å²) >= 11 is 6.18. The van der Waals surface area contributed by atoms with E-state index in [1.165, 1.54) is 0 Å². The van der Waals surface area contributed by atoms with Crippen molar-refractivity contribution in [3.63, 3.8) is 0 Å². The van der Waals surface area contributed by atoms with E-state index in [0.29, 0.717) is 18.2 Å². The maximum Gasteiger partial charge on any atom is 0.0835 e. The average molecular weight is 274 g/mol. The Morgan fingerprint density at radius 1 is 1.67 bits per heavy atom. The Kier molecular flexibility index (Phi) is 5.00. The van der Waals surface area contributed by atoms with E-state index in [1.54, 1.807) is 13.3 Å². The highest BCUT2D eigenvalue weighted by molar-refractivity contribution is 6.31. The van der Waals surface area contributed by atoms with Crippen LogP contribution in [0.3, 0.4) is 0 Å². The molecular weight excluding hydrogens is 254 g/mol. The van der Waals surface area contributed by atoms with Crippen molar-refractivity contribution in [3.05, 3.63) is 16.9 Å². The van der Waals surface area contributed by atoms with Crippen LogP contribution in [0, 0.1) is 0 Å². The summed E-state index contributed by atoms with van der Waals surface area (Å²) in [6.07, 6.45) is 4.92. The number of hydrogen-bond acceptors (Lipinski definition) is 4. The SMILES string of the molecule is COCCn1ncc(Cl)c1C(N)C1CCCCO1. The molecule has 2 N–H and O–H groups in total. The quantitative estimate of drug-likeness (QED) is 0.888. The molecule has 1 saturated heterocycles. The molecule has 2 heterocycles. The second-order valence-electron chi connectivity index (χ2n) is 4.52. The lowest BCUT2D eigenvalue weighted by Crippen LogP contribution is -2.34. The molecule has 2 unspecified atom stereocenters. The molecule has 1 aromatic heterocycles. The number of aromatic nitrogens is 2. The Labute approximate surface area is 112 Å². The lowest BCUT2D eigenvalue weighted by molar-refractivity contribution is -0.00179. The fourth-order valence-electron chi connectivity index (χ4n) is 2.28. The van der Waals surface area contributed by atoms with E-state index in [9.17, 15) is 0 Å². The first kappa shape index (κ1) is 13.8. The summed E-state index contributed by atoms with van der Waals surface area (Å²) in [7, 11) is 1.66. The summed E-state index contributed by atoms with van der Waals surface area (Å²) in [5.74, 6) is 0. The first-order valence-electron chi connectivity index (χ1n) is 6.31. The minimum atomic E-state index is -0.225. The van der Waals surface area contributed by atoms with Crippen molar-refractivity contribution in [1.82, 2.24) is 9.78 Å². The van der Waals surface area contributed by atoms with Crippen LogP contribution in [0.4, 0.5) is 0 Å². The monoisotopic (exact) mass is 273 g/mol. The van der Waals surface area contributed by atoms with Gasteiger partial charge in [-0.25, -0.2) is 0 Å². The predicted octanol–water partition coefficient (Wildman–Crippen LogP) is 1.75. The van der Waals surface area contributed by atoms with Crippen LogP contribution in [0.1, 0.15) is 31.0 Å². The van der Waals surface area contributed by atoms with Crippen LogP contribution in [-0.2, 0) is 16.0 Å². The summed E-state index contributed by atoms with van der Waals surface area (Å²) in [6, 6.07) is -0.225. The highest BCUT2D eigenvalue weighted by atomic mass is 35.5. The van der Waals surface area contributed by atoms with Crippen LogP contribution in [0.25, 0.3) is 0 Å². The summed E-state index contributed by atoms with van der Waals surface area (Å²) in [6.45, 7) is 2.02. The lowest BCUT2D eigenvalue weighted by atomic mass is 10.0. The van der Waals surface area contributed by atoms with Gasteiger partial charge in [-0.2, -0.15) is 5.10 Å². The van der Waals surface area contributed by atoms with Crippen LogP contribution in [-0.4, -0.2) is 36.2 Å². The van der Waals surface area contributed by atoms with E-state index < -0.39 is 0 Å². The number of ether oxygens (including phenoxy) is 2. The highest BCUT2D eigenvalue weighted by Crippen LogP contribution is 2.29. The summed E-state index contributed by atoms with van der Waals surface area (Å²) in [5, 5.41) is 4.84. The first-order valence-corrected chi connectivity index (χ1v) is 6.69. The zero-order chi connectivity index (χ0) is 13.0. The molecule has 0 spiro atoms. The molecule has 0 aromatic carbocycles. The zero-order valence-corrected chi connectivity index (χ0v) is 11.4. The predicted molar refractivity (Wildman–Crippen MR) is 69.6 cm³/mol. The lowest BCUT2D eigenvalue weighted by Gasteiger charge is -2.28. The van der Waals surface area contributed by atoms with Crippen molar-refractivity contribution in [2.24, 2.45) is 5.73 Å². The van der Waals surface area contributed by atoms with Gasteiger partial charge in [-0.05, 0) is 19.3 Å². The summed E-state index contributed by atoms with van der Waals surface area (Å²) < 4.78 is 12.6. The van der Waals surface area contributed by atoms with Crippen LogP contribution in [0.2, 0.25) is 5.02 Å². The third-order valence-electron chi connectivity index (χ3n) is 3.27. The van der Waals surface area contributed by atoms with Gasteiger partial charge in [-0.15, -0.1) is 0 Å². The number of halogens is 1. The Hall–Kier alpha value is -0.620. The van der Waals surface area contributed by atoms with Gasteiger partial charge < -0.3 is 15.2 Å². The molecule has 1 aliphatic rings. The van der Waals surface area contributed by atoms with Crippen molar-refractivity contribution >= 4 is 11.6 Å². The van der Waals surface area contributed by atoms with Gasteiger partial charge in [-0.3, -0.25) is 4.68 Å². The van der Waals surface area contributed by atoms with E-state index in [-0.39, 0.29) is 12.1 Å². The first-order chi connectivity index (χ1) is 8.74. The zero-order valence-electron chi connectivity index (χ0n) is 10.6. The van der Waals surface area contributed by atoms with Crippen LogP contribution < -0.4 is 5.73 Å². The van der Waals surface area contributed by atoms with Gasteiger partial charge in [0, 0.05) is 13.7 Å². The molecule has 1 aromatic rings. The summed E-state index contributed by atoms with van der Waals surface area (Å²) in [4.78, 5) is 0. The van der Waals surface area contributed by atoms with E-state index >= 15 is 0 Å². The van der Waals surface area contributed by atoms with Crippen LogP contribution >= 0.6 is 11.6 Å². The molecule has 0 radical (unpaired) electrons. The van der Waals surface area contributed by atoms with Crippen molar-refractivity contribution in [3.8, 4) is 0 Å². The average Bonchev–Trinajstić information content (AvgIpc) is 2.77. The second-order valence-corrected chi connectivity index (χ2v) is 4.93. The molecule has 1 aliphatic heterocycles. The molecule has 2 rings (SSSR count).